The summed E-state index contributed by atoms with van der Waals surface area (Å²) in [5.74, 6) is 0.800. The lowest BCUT2D eigenvalue weighted by Crippen LogP contribution is -2.29. The molecule has 2 aromatic rings. The summed E-state index contributed by atoms with van der Waals surface area (Å²) in [5.41, 5.74) is 4.39. The first-order valence-electron chi connectivity index (χ1n) is 7.67. The molecule has 6 nitrogen and oxygen atoms in total. The molecule has 24 heavy (non-hydrogen) atoms. The normalized spacial score (nSPS) is 10.3. The van der Waals surface area contributed by atoms with Crippen LogP contribution in [0.2, 0.25) is 0 Å². The van der Waals surface area contributed by atoms with Crippen LogP contribution in [0.4, 0.5) is 10.5 Å². The number of carbonyl (C=O) groups is 1. The minimum Gasteiger partial charge on any atom is -0.496 e. The van der Waals surface area contributed by atoms with Crippen LogP contribution in [0.1, 0.15) is 22.4 Å². The SMILES string of the molecule is COCc1cccc(NC(=O)NCc2ncc(C)c(OC)c2C)c1. The molecule has 0 aliphatic rings. The number of pyridine rings is 1. The molecule has 1 heterocycles. The zero-order chi connectivity index (χ0) is 17.5. The predicted molar refractivity (Wildman–Crippen MR) is 93.3 cm³/mol. The van der Waals surface area contributed by atoms with Crippen molar-refractivity contribution in [3.63, 3.8) is 0 Å². The summed E-state index contributed by atoms with van der Waals surface area (Å²) >= 11 is 0. The molecule has 1 aromatic heterocycles. The van der Waals surface area contributed by atoms with Gasteiger partial charge in [0.2, 0.25) is 0 Å². The third-order valence-electron chi connectivity index (χ3n) is 3.66. The predicted octanol–water partition coefficient (Wildman–Crippen LogP) is 3.18. The Morgan fingerprint density at radius 2 is 2.04 bits per heavy atom. The van der Waals surface area contributed by atoms with Crippen LogP contribution in [0, 0.1) is 13.8 Å². The number of benzene rings is 1. The lowest BCUT2D eigenvalue weighted by atomic mass is 10.1. The highest BCUT2D eigenvalue weighted by Crippen LogP contribution is 2.23. The molecule has 0 saturated carbocycles. The van der Waals surface area contributed by atoms with E-state index in [4.69, 9.17) is 9.47 Å². The van der Waals surface area contributed by atoms with Gasteiger partial charge in [0.15, 0.2) is 0 Å². The number of ether oxygens (including phenoxy) is 2. The maximum atomic E-state index is 12.1. The standard InChI is InChI=1S/C18H23N3O3/c1-12-9-19-16(13(2)17(12)24-4)10-20-18(22)21-15-7-5-6-14(8-15)11-23-3/h5-9H,10-11H2,1-4H3,(H2,20,21,22). The number of nitrogens with zero attached hydrogens (tertiary/aromatic N) is 1. The fourth-order valence-corrected chi connectivity index (χ4v) is 2.49. The van der Waals surface area contributed by atoms with E-state index in [1.54, 1.807) is 20.4 Å². The summed E-state index contributed by atoms with van der Waals surface area (Å²) in [7, 11) is 3.27. The van der Waals surface area contributed by atoms with Crippen LogP contribution >= 0.6 is 0 Å². The second-order valence-electron chi connectivity index (χ2n) is 5.49. The number of nitrogens with one attached hydrogen (secondary N) is 2. The lowest BCUT2D eigenvalue weighted by Gasteiger charge is -2.13. The molecule has 6 heteroatoms. The summed E-state index contributed by atoms with van der Waals surface area (Å²) in [6.45, 7) is 4.70. The number of anilines is 1. The van der Waals surface area contributed by atoms with E-state index in [1.807, 2.05) is 38.1 Å². The van der Waals surface area contributed by atoms with E-state index >= 15 is 0 Å². The highest BCUT2D eigenvalue weighted by atomic mass is 16.5. The summed E-state index contributed by atoms with van der Waals surface area (Å²) in [6, 6.07) is 7.24. The van der Waals surface area contributed by atoms with Gasteiger partial charge in [-0.25, -0.2) is 4.79 Å². The average molecular weight is 329 g/mol. The fourth-order valence-electron chi connectivity index (χ4n) is 2.49. The average Bonchev–Trinajstić information content (AvgIpc) is 2.55. The van der Waals surface area contributed by atoms with Crippen molar-refractivity contribution in [2.75, 3.05) is 19.5 Å². The Kier molecular flexibility index (Phi) is 6.14. The third kappa shape index (κ3) is 4.45. The van der Waals surface area contributed by atoms with Crippen molar-refractivity contribution in [3.8, 4) is 5.75 Å². The summed E-state index contributed by atoms with van der Waals surface area (Å²) in [6.07, 6.45) is 1.75. The van der Waals surface area contributed by atoms with Crippen molar-refractivity contribution < 1.29 is 14.3 Å². The Bertz CT molecular complexity index is 717. The van der Waals surface area contributed by atoms with Crippen LogP contribution in [0.15, 0.2) is 30.5 Å². The molecule has 0 fully saturated rings. The molecule has 0 bridgehead atoms. The molecule has 0 aliphatic carbocycles. The molecule has 0 unspecified atom stereocenters. The molecule has 0 atom stereocenters. The Morgan fingerprint density at radius 1 is 1.25 bits per heavy atom. The molecule has 0 radical (unpaired) electrons. The molecule has 0 saturated heterocycles. The van der Waals surface area contributed by atoms with E-state index in [0.29, 0.717) is 18.8 Å². The summed E-state index contributed by atoms with van der Waals surface area (Å²) in [4.78, 5) is 16.4. The summed E-state index contributed by atoms with van der Waals surface area (Å²) in [5, 5.41) is 5.62. The number of hydrogen-bond acceptors (Lipinski definition) is 4. The van der Waals surface area contributed by atoms with E-state index in [0.717, 1.165) is 28.1 Å². The van der Waals surface area contributed by atoms with Gasteiger partial charge in [-0.15, -0.1) is 0 Å². The van der Waals surface area contributed by atoms with Gasteiger partial charge in [-0.2, -0.15) is 0 Å². The second kappa shape index (κ2) is 8.31. The largest absolute Gasteiger partial charge is 0.496 e. The van der Waals surface area contributed by atoms with Crippen molar-refractivity contribution in [2.24, 2.45) is 0 Å². The van der Waals surface area contributed by atoms with E-state index in [1.165, 1.54) is 0 Å². The Morgan fingerprint density at radius 3 is 2.75 bits per heavy atom. The van der Waals surface area contributed by atoms with Crippen LogP contribution in [0.25, 0.3) is 0 Å². The topological polar surface area (TPSA) is 72.5 Å². The maximum absolute atomic E-state index is 12.1. The monoisotopic (exact) mass is 329 g/mol. The van der Waals surface area contributed by atoms with E-state index in [-0.39, 0.29) is 6.03 Å². The van der Waals surface area contributed by atoms with Gasteiger partial charge in [0.05, 0.1) is 26.0 Å². The van der Waals surface area contributed by atoms with Crippen LogP contribution in [-0.4, -0.2) is 25.2 Å². The van der Waals surface area contributed by atoms with Gasteiger partial charge < -0.3 is 20.1 Å². The third-order valence-corrected chi connectivity index (χ3v) is 3.66. The van der Waals surface area contributed by atoms with Gasteiger partial charge in [0.25, 0.3) is 0 Å². The molecular weight excluding hydrogens is 306 g/mol. The smallest absolute Gasteiger partial charge is 0.319 e. The van der Waals surface area contributed by atoms with Crippen LogP contribution in [0.3, 0.4) is 0 Å². The molecule has 0 spiro atoms. The minimum atomic E-state index is -0.287. The quantitative estimate of drug-likeness (QED) is 0.854. The number of urea groups is 1. The fraction of sp³-hybridized carbons (Fsp3) is 0.333. The molecule has 2 N–H and O–H groups in total. The zero-order valence-corrected chi connectivity index (χ0v) is 14.5. The minimum absolute atomic E-state index is 0.287. The van der Waals surface area contributed by atoms with E-state index in [9.17, 15) is 4.79 Å². The van der Waals surface area contributed by atoms with E-state index in [2.05, 4.69) is 15.6 Å². The van der Waals surface area contributed by atoms with Gasteiger partial charge >= 0.3 is 6.03 Å². The zero-order valence-electron chi connectivity index (χ0n) is 14.5. The Balaban J connectivity index is 1.97. The first-order valence-corrected chi connectivity index (χ1v) is 7.67. The Labute approximate surface area is 142 Å². The van der Waals surface area contributed by atoms with Gasteiger partial charge in [-0.3, -0.25) is 4.98 Å². The maximum Gasteiger partial charge on any atom is 0.319 e. The first kappa shape index (κ1) is 17.7. The Hall–Kier alpha value is -2.60. The second-order valence-corrected chi connectivity index (χ2v) is 5.49. The lowest BCUT2D eigenvalue weighted by molar-refractivity contribution is 0.185. The number of carbonyl (C=O) groups excluding carboxylic acids is 1. The molecular formula is C18H23N3O3. The molecule has 2 rings (SSSR count). The van der Waals surface area contributed by atoms with Crippen molar-refractivity contribution in [1.29, 1.82) is 0 Å². The number of aromatic nitrogens is 1. The van der Waals surface area contributed by atoms with Gasteiger partial charge in [0, 0.05) is 30.1 Å². The number of amides is 2. The van der Waals surface area contributed by atoms with Crippen LogP contribution in [0.5, 0.6) is 5.75 Å². The van der Waals surface area contributed by atoms with Crippen molar-refractivity contribution in [2.45, 2.75) is 27.0 Å². The summed E-state index contributed by atoms with van der Waals surface area (Å²) < 4.78 is 10.5. The number of methoxy groups -OCH3 is 2. The number of hydrogen-bond donors (Lipinski definition) is 2. The van der Waals surface area contributed by atoms with Crippen LogP contribution < -0.4 is 15.4 Å². The van der Waals surface area contributed by atoms with Crippen molar-refractivity contribution in [1.82, 2.24) is 10.3 Å². The highest BCUT2D eigenvalue weighted by Gasteiger charge is 2.10. The molecule has 2 amide bonds. The first-order chi connectivity index (χ1) is 11.5. The molecule has 0 aliphatic heterocycles. The van der Waals surface area contributed by atoms with Crippen molar-refractivity contribution in [3.05, 3.63) is 52.8 Å². The van der Waals surface area contributed by atoms with Crippen LogP contribution in [-0.2, 0) is 17.9 Å². The van der Waals surface area contributed by atoms with Gasteiger partial charge in [-0.05, 0) is 31.5 Å². The van der Waals surface area contributed by atoms with Gasteiger partial charge in [-0.1, -0.05) is 12.1 Å². The molecule has 1 aromatic carbocycles. The van der Waals surface area contributed by atoms with E-state index < -0.39 is 0 Å². The number of aryl methyl sites for hydroxylation is 1. The number of rotatable bonds is 6. The molecule has 128 valence electrons. The highest BCUT2D eigenvalue weighted by molar-refractivity contribution is 5.89. The van der Waals surface area contributed by atoms with Gasteiger partial charge in [0.1, 0.15) is 5.75 Å². The van der Waals surface area contributed by atoms with Crippen molar-refractivity contribution >= 4 is 11.7 Å².